The molecule has 0 fully saturated rings. The molecule has 0 spiro atoms. The van der Waals surface area contributed by atoms with E-state index in [0.29, 0.717) is 0 Å². The predicted octanol–water partition coefficient (Wildman–Crippen LogP) is 2.71. The highest BCUT2D eigenvalue weighted by atomic mass is 32.1. The van der Waals surface area contributed by atoms with Gasteiger partial charge in [-0.1, -0.05) is 23.5 Å². The van der Waals surface area contributed by atoms with Crippen molar-refractivity contribution in [1.29, 1.82) is 0 Å². The molecule has 0 aliphatic carbocycles. The van der Waals surface area contributed by atoms with Crippen LogP contribution in [0.2, 0.25) is 0 Å². The van der Waals surface area contributed by atoms with Gasteiger partial charge in [-0.15, -0.1) is 5.10 Å². The molecule has 0 aliphatic heterocycles. The zero-order valence-corrected chi connectivity index (χ0v) is 9.42. The molecule has 1 heterocycles. The topological polar surface area (TPSA) is 37.8 Å². The summed E-state index contributed by atoms with van der Waals surface area (Å²) in [4.78, 5) is 0. The zero-order valence-electron chi connectivity index (χ0n) is 8.60. The van der Waals surface area contributed by atoms with Gasteiger partial charge in [0.25, 0.3) is 0 Å². The van der Waals surface area contributed by atoms with Gasteiger partial charge in [0.2, 0.25) is 0 Å². The molecule has 2 rings (SSSR count). The minimum absolute atomic E-state index is 0.740. The highest BCUT2D eigenvalue weighted by molar-refractivity contribution is 7.03. The Morgan fingerprint density at radius 2 is 2.33 bits per heavy atom. The van der Waals surface area contributed by atoms with Crippen molar-refractivity contribution >= 4 is 17.2 Å². The Bertz CT molecular complexity index is 412. The van der Waals surface area contributed by atoms with Crippen LogP contribution in [0.1, 0.15) is 18.2 Å². The monoisotopic (exact) mass is 219 g/mol. The molecule has 78 valence electrons. The molecule has 2 aromatic rings. The normalized spacial score (nSPS) is 10.2. The minimum Gasteiger partial charge on any atom is -0.379 e. The SMILES string of the molecule is CCc1cccc(NCc2csnn2)c1. The maximum atomic E-state index is 3.98. The Morgan fingerprint density at radius 1 is 1.40 bits per heavy atom. The van der Waals surface area contributed by atoms with Crippen molar-refractivity contribution in [3.05, 3.63) is 40.9 Å². The molecule has 0 bridgehead atoms. The van der Waals surface area contributed by atoms with Crippen LogP contribution in [-0.4, -0.2) is 9.59 Å². The van der Waals surface area contributed by atoms with Gasteiger partial charge >= 0.3 is 0 Å². The molecule has 1 N–H and O–H groups in total. The van der Waals surface area contributed by atoms with Gasteiger partial charge in [0, 0.05) is 11.1 Å². The molecule has 0 amide bonds. The summed E-state index contributed by atoms with van der Waals surface area (Å²) in [7, 11) is 0. The largest absolute Gasteiger partial charge is 0.379 e. The molecule has 0 aliphatic rings. The number of benzene rings is 1. The van der Waals surface area contributed by atoms with E-state index in [1.807, 2.05) is 5.38 Å². The lowest BCUT2D eigenvalue weighted by atomic mass is 10.1. The Balaban J connectivity index is 1.98. The van der Waals surface area contributed by atoms with Crippen LogP contribution in [0.5, 0.6) is 0 Å². The highest BCUT2D eigenvalue weighted by Crippen LogP contribution is 2.12. The third-order valence-corrected chi connectivity index (χ3v) is 2.77. The van der Waals surface area contributed by atoms with E-state index in [0.717, 1.165) is 24.3 Å². The highest BCUT2D eigenvalue weighted by Gasteiger charge is 1.97. The van der Waals surface area contributed by atoms with Gasteiger partial charge in [0.1, 0.15) is 0 Å². The van der Waals surface area contributed by atoms with Gasteiger partial charge in [-0.2, -0.15) is 0 Å². The average Bonchev–Trinajstić information content (AvgIpc) is 2.79. The Hall–Kier alpha value is -1.42. The van der Waals surface area contributed by atoms with Gasteiger partial charge < -0.3 is 5.32 Å². The van der Waals surface area contributed by atoms with E-state index in [2.05, 4.69) is 46.1 Å². The summed E-state index contributed by atoms with van der Waals surface area (Å²) in [5.74, 6) is 0. The van der Waals surface area contributed by atoms with Crippen LogP contribution >= 0.6 is 11.5 Å². The first kappa shape index (κ1) is 10.1. The fraction of sp³-hybridized carbons (Fsp3) is 0.273. The molecule has 0 saturated carbocycles. The molecule has 1 aromatic carbocycles. The molecule has 3 nitrogen and oxygen atoms in total. The van der Waals surface area contributed by atoms with E-state index in [1.165, 1.54) is 17.1 Å². The fourth-order valence-corrected chi connectivity index (χ4v) is 1.81. The molecule has 15 heavy (non-hydrogen) atoms. The minimum atomic E-state index is 0.740. The van der Waals surface area contributed by atoms with Gasteiger partial charge in [0.05, 0.1) is 12.2 Å². The van der Waals surface area contributed by atoms with E-state index < -0.39 is 0 Å². The maximum Gasteiger partial charge on any atom is 0.0946 e. The van der Waals surface area contributed by atoms with Gasteiger partial charge in [-0.3, -0.25) is 0 Å². The lowest BCUT2D eigenvalue weighted by Gasteiger charge is -2.05. The van der Waals surface area contributed by atoms with Crippen molar-refractivity contribution in [3.63, 3.8) is 0 Å². The molecule has 0 saturated heterocycles. The second-order valence-electron chi connectivity index (χ2n) is 3.30. The van der Waals surface area contributed by atoms with E-state index in [4.69, 9.17) is 0 Å². The summed E-state index contributed by atoms with van der Waals surface area (Å²) in [5.41, 5.74) is 3.47. The second kappa shape index (κ2) is 4.89. The Kier molecular flexibility index (Phi) is 3.29. The molecular formula is C11H13N3S. The zero-order chi connectivity index (χ0) is 10.5. The average molecular weight is 219 g/mol. The van der Waals surface area contributed by atoms with E-state index >= 15 is 0 Å². The third-order valence-electron chi connectivity index (χ3n) is 2.21. The summed E-state index contributed by atoms with van der Waals surface area (Å²) in [5, 5.41) is 9.26. The van der Waals surface area contributed by atoms with Crippen molar-refractivity contribution < 1.29 is 0 Å². The summed E-state index contributed by atoms with van der Waals surface area (Å²) >= 11 is 1.38. The number of aromatic nitrogens is 2. The third kappa shape index (κ3) is 2.76. The van der Waals surface area contributed by atoms with Gasteiger partial charge in [-0.25, -0.2) is 0 Å². The van der Waals surface area contributed by atoms with Crippen LogP contribution in [0, 0.1) is 0 Å². The van der Waals surface area contributed by atoms with Crippen LogP contribution in [0.15, 0.2) is 29.6 Å². The lowest BCUT2D eigenvalue weighted by molar-refractivity contribution is 0.997. The van der Waals surface area contributed by atoms with Crippen molar-refractivity contribution in [2.45, 2.75) is 19.9 Å². The second-order valence-corrected chi connectivity index (χ2v) is 3.91. The van der Waals surface area contributed by atoms with E-state index in [9.17, 15) is 0 Å². The number of aryl methyl sites for hydroxylation is 1. The summed E-state index contributed by atoms with van der Waals surface area (Å²) in [6.07, 6.45) is 1.06. The van der Waals surface area contributed by atoms with Crippen molar-refractivity contribution in [3.8, 4) is 0 Å². The summed E-state index contributed by atoms with van der Waals surface area (Å²) < 4.78 is 3.82. The molecule has 1 aromatic heterocycles. The number of nitrogens with zero attached hydrogens (tertiary/aromatic N) is 2. The molecule has 4 heteroatoms. The smallest absolute Gasteiger partial charge is 0.0946 e. The van der Waals surface area contributed by atoms with Gasteiger partial charge in [-0.05, 0) is 35.6 Å². The predicted molar refractivity (Wildman–Crippen MR) is 63.1 cm³/mol. The van der Waals surface area contributed by atoms with Crippen molar-refractivity contribution in [2.75, 3.05) is 5.32 Å². The standard InChI is InChI=1S/C11H13N3S/c1-2-9-4-3-5-10(6-9)12-7-11-8-15-14-13-11/h3-6,8,12H,2,7H2,1H3. The van der Waals surface area contributed by atoms with Crippen molar-refractivity contribution in [2.24, 2.45) is 0 Å². The fourth-order valence-electron chi connectivity index (χ4n) is 1.35. The number of rotatable bonds is 4. The first-order valence-corrected chi connectivity index (χ1v) is 5.81. The first-order chi connectivity index (χ1) is 7.38. The van der Waals surface area contributed by atoms with Crippen LogP contribution in [-0.2, 0) is 13.0 Å². The van der Waals surface area contributed by atoms with Crippen molar-refractivity contribution in [1.82, 2.24) is 9.59 Å². The maximum absolute atomic E-state index is 3.98. The Morgan fingerprint density at radius 3 is 3.07 bits per heavy atom. The van der Waals surface area contributed by atoms with Gasteiger partial charge in [0.15, 0.2) is 0 Å². The van der Waals surface area contributed by atoms with Crippen LogP contribution < -0.4 is 5.32 Å². The molecular weight excluding hydrogens is 206 g/mol. The summed E-state index contributed by atoms with van der Waals surface area (Å²) in [6, 6.07) is 8.44. The molecule has 0 atom stereocenters. The summed E-state index contributed by atoms with van der Waals surface area (Å²) in [6.45, 7) is 2.90. The number of hydrogen-bond donors (Lipinski definition) is 1. The number of nitrogens with one attached hydrogen (secondary N) is 1. The quantitative estimate of drug-likeness (QED) is 0.859. The van der Waals surface area contributed by atoms with Crippen LogP contribution in [0.3, 0.4) is 0 Å². The lowest BCUT2D eigenvalue weighted by Crippen LogP contribution is -2.00. The van der Waals surface area contributed by atoms with E-state index in [1.54, 1.807) is 0 Å². The first-order valence-electron chi connectivity index (χ1n) is 4.97. The molecule has 0 unspecified atom stereocenters. The van der Waals surface area contributed by atoms with Crippen LogP contribution in [0.4, 0.5) is 5.69 Å². The van der Waals surface area contributed by atoms with E-state index in [-0.39, 0.29) is 0 Å². The Labute approximate surface area is 93.3 Å². The number of anilines is 1. The van der Waals surface area contributed by atoms with Crippen LogP contribution in [0.25, 0.3) is 0 Å². The number of hydrogen-bond acceptors (Lipinski definition) is 4. The molecule has 0 radical (unpaired) electrons.